The number of hydrogen-bond donors (Lipinski definition) is 1. The molecule has 68 valence electrons. The molecule has 0 aliphatic carbocycles. The summed E-state index contributed by atoms with van der Waals surface area (Å²) in [5.41, 5.74) is 2.36. The number of aliphatic imine (C=N–C) groups is 1. The number of hydrogen-bond acceptors (Lipinski definition) is 2. The van der Waals surface area contributed by atoms with Crippen LogP contribution in [0.4, 0.5) is 5.69 Å². The van der Waals surface area contributed by atoms with Crippen molar-refractivity contribution in [2.75, 3.05) is 12.4 Å². The molecule has 0 fully saturated rings. The van der Waals surface area contributed by atoms with Gasteiger partial charge in [0.05, 0.1) is 0 Å². The van der Waals surface area contributed by atoms with Crippen LogP contribution in [0.2, 0.25) is 0 Å². The normalized spacial score (nSPS) is 11.2. The van der Waals surface area contributed by atoms with Crippen LogP contribution in [0.15, 0.2) is 41.5 Å². The van der Waals surface area contributed by atoms with Crippen molar-refractivity contribution in [2.45, 2.75) is 6.92 Å². The minimum Gasteiger partial charge on any atom is -0.361 e. The molecule has 0 aliphatic heterocycles. The number of para-hydroxylation sites is 1. The second-order valence-electron chi connectivity index (χ2n) is 2.73. The highest BCUT2D eigenvalue weighted by atomic mass is 14.8. The molecule has 0 heterocycles. The van der Waals surface area contributed by atoms with Gasteiger partial charge < -0.3 is 5.32 Å². The summed E-state index contributed by atoms with van der Waals surface area (Å²) < 4.78 is 0. The lowest BCUT2D eigenvalue weighted by Crippen LogP contribution is -1.89. The van der Waals surface area contributed by atoms with Gasteiger partial charge in [0.1, 0.15) is 0 Å². The molecule has 2 nitrogen and oxygen atoms in total. The topological polar surface area (TPSA) is 24.4 Å². The third-order valence-electron chi connectivity index (χ3n) is 1.72. The van der Waals surface area contributed by atoms with Crippen LogP contribution in [0.1, 0.15) is 5.56 Å². The van der Waals surface area contributed by atoms with E-state index in [1.165, 1.54) is 5.56 Å². The Labute approximate surface area is 79.0 Å². The standard InChI is InChI=1S/C11H14N2/c1-10-6-3-4-7-11(10)13-9-5-8-12-2/h3-9,13H,1-2H3/b9-5-,12-8+. The van der Waals surface area contributed by atoms with Gasteiger partial charge >= 0.3 is 0 Å². The molecule has 0 saturated heterocycles. The van der Waals surface area contributed by atoms with E-state index in [0.717, 1.165) is 5.69 Å². The van der Waals surface area contributed by atoms with E-state index in [1.807, 2.05) is 30.5 Å². The first-order valence-corrected chi connectivity index (χ1v) is 4.24. The van der Waals surface area contributed by atoms with Crippen LogP contribution in [0.25, 0.3) is 0 Å². The molecule has 13 heavy (non-hydrogen) atoms. The van der Waals surface area contributed by atoms with Gasteiger partial charge in [0, 0.05) is 25.1 Å². The lowest BCUT2D eigenvalue weighted by molar-refractivity contribution is 1.43. The minimum absolute atomic E-state index is 1.13. The summed E-state index contributed by atoms with van der Waals surface area (Å²) in [6.45, 7) is 2.07. The average molecular weight is 174 g/mol. The summed E-state index contributed by atoms with van der Waals surface area (Å²) in [4.78, 5) is 3.84. The van der Waals surface area contributed by atoms with Crippen molar-refractivity contribution in [1.29, 1.82) is 0 Å². The maximum Gasteiger partial charge on any atom is 0.0409 e. The number of rotatable bonds is 3. The summed E-state index contributed by atoms with van der Waals surface area (Å²) in [6.07, 6.45) is 5.48. The third-order valence-corrected chi connectivity index (χ3v) is 1.72. The molecule has 0 bridgehead atoms. The summed E-state index contributed by atoms with van der Waals surface area (Å²) in [7, 11) is 1.75. The second-order valence-corrected chi connectivity index (χ2v) is 2.73. The number of benzene rings is 1. The van der Waals surface area contributed by atoms with Crippen LogP contribution in [0.3, 0.4) is 0 Å². The Balaban J connectivity index is 2.59. The number of allylic oxidation sites excluding steroid dienone is 1. The van der Waals surface area contributed by atoms with Crippen molar-refractivity contribution >= 4 is 11.9 Å². The van der Waals surface area contributed by atoms with Crippen molar-refractivity contribution in [3.8, 4) is 0 Å². The summed E-state index contributed by atoms with van der Waals surface area (Å²) >= 11 is 0. The smallest absolute Gasteiger partial charge is 0.0409 e. The highest BCUT2D eigenvalue weighted by Gasteiger charge is 1.90. The molecule has 2 heteroatoms. The van der Waals surface area contributed by atoms with Crippen LogP contribution in [0, 0.1) is 6.92 Å². The molecule has 1 N–H and O–H groups in total. The molecule has 0 aliphatic rings. The van der Waals surface area contributed by atoms with Gasteiger partial charge in [0.25, 0.3) is 0 Å². The summed E-state index contributed by atoms with van der Waals surface area (Å²) in [5.74, 6) is 0. The van der Waals surface area contributed by atoms with Gasteiger partial charge in [0.2, 0.25) is 0 Å². The van der Waals surface area contributed by atoms with Crippen molar-refractivity contribution in [1.82, 2.24) is 0 Å². The van der Waals surface area contributed by atoms with Gasteiger partial charge in [-0.1, -0.05) is 18.2 Å². The Bertz CT molecular complexity index is 314. The zero-order chi connectivity index (χ0) is 9.52. The van der Waals surface area contributed by atoms with E-state index in [1.54, 1.807) is 13.3 Å². The monoisotopic (exact) mass is 174 g/mol. The van der Waals surface area contributed by atoms with Crippen LogP contribution in [-0.4, -0.2) is 13.3 Å². The molecule has 0 amide bonds. The van der Waals surface area contributed by atoms with Gasteiger partial charge in [0.15, 0.2) is 0 Å². The molecule has 1 aromatic carbocycles. The molecule has 0 aromatic heterocycles. The quantitative estimate of drug-likeness (QED) is 0.700. The van der Waals surface area contributed by atoms with Gasteiger partial charge in [-0.25, -0.2) is 0 Å². The summed E-state index contributed by atoms with van der Waals surface area (Å²) in [5, 5.41) is 3.18. The maximum atomic E-state index is 3.84. The van der Waals surface area contributed by atoms with E-state index in [2.05, 4.69) is 23.3 Å². The highest BCUT2D eigenvalue weighted by Crippen LogP contribution is 2.12. The van der Waals surface area contributed by atoms with Crippen molar-refractivity contribution in [3.05, 3.63) is 42.1 Å². The Morgan fingerprint density at radius 2 is 2.08 bits per heavy atom. The van der Waals surface area contributed by atoms with E-state index in [4.69, 9.17) is 0 Å². The third kappa shape index (κ3) is 3.11. The molecule has 0 atom stereocenters. The molecule has 0 unspecified atom stereocenters. The van der Waals surface area contributed by atoms with Gasteiger partial charge in [-0.05, 0) is 24.6 Å². The maximum absolute atomic E-state index is 3.84. The average Bonchev–Trinajstić information content (AvgIpc) is 2.15. The largest absolute Gasteiger partial charge is 0.361 e. The van der Waals surface area contributed by atoms with E-state index < -0.39 is 0 Å². The number of nitrogens with one attached hydrogen (secondary N) is 1. The Morgan fingerprint density at radius 3 is 2.77 bits per heavy atom. The molecule has 1 aromatic rings. The van der Waals surface area contributed by atoms with Gasteiger partial charge in [-0.2, -0.15) is 0 Å². The molecular formula is C11H14N2. The van der Waals surface area contributed by atoms with E-state index in [9.17, 15) is 0 Å². The first-order chi connectivity index (χ1) is 6.34. The molecule has 0 spiro atoms. The fourth-order valence-corrected chi connectivity index (χ4v) is 1.00. The SMILES string of the molecule is C/N=C/C=C\Nc1ccccc1C. The zero-order valence-electron chi connectivity index (χ0n) is 7.99. The minimum atomic E-state index is 1.13. The lowest BCUT2D eigenvalue weighted by Gasteiger charge is -2.02. The summed E-state index contributed by atoms with van der Waals surface area (Å²) in [6, 6.07) is 8.15. The van der Waals surface area contributed by atoms with Crippen LogP contribution in [0.5, 0.6) is 0 Å². The first-order valence-electron chi connectivity index (χ1n) is 4.24. The van der Waals surface area contributed by atoms with E-state index in [-0.39, 0.29) is 0 Å². The molecule has 0 radical (unpaired) electrons. The Hall–Kier alpha value is -1.57. The number of anilines is 1. The fraction of sp³-hybridized carbons (Fsp3) is 0.182. The molecule has 1 rings (SSSR count). The van der Waals surface area contributed by atoms with Crippen molar-refractivity contribution < 1.29 is 0 Å². The fourth-order valence-electron chi connectivity index (χ4n) is 1.00. The second kappa shape index (κ2) is 5.14. The first kappa shape index (κ1) is 9.52. The highest BCUT2D eigenvalue weighted by molar-refractivity contribution is 5.71. The van der Waals surface area contributed by atoms with Crippen molar-refractivity contribution in [3.63, 3.8) is 0 Å². The van der Waals surface area contributed by atoms with Gasteiger partial charge in [-0.3, -0.25) is 4.99 Å². The number of aryl methyl sites for hydroxylation is 1. The predicted molar refractivity (Wildman–Crippen MR) is 58.4 cm³/mol. The van der Waals surface area contributed by atoms with E-state index in [0.29, 0.717) is 0 Å². The van der Waals surface area contributed by atoms with Gasteiger partial charge in [-0.15, -0.1) is 0 Å². The Morgan fingerprint density at radius 1 is 1.31 bits per heavy atom. The number of nitrogens with zero attached hydrogens (tertiary/aromatic N) is 1. The molecule has 0 saturated carbocycles. The van der Waals surface area contributed by atoms with Crippen LogP contribution in [-0.2, 0) is 0 Å². The van der Waals surface area contributed by atoms with Crippen LogP contribution >= 0.6 is 0 Å². The molecular weight excluding hydrogens is 160 g/mol. The van der Waals surface area contributed by atoms with Crippen LogP contribution < -0.4 is 5.32 Å². The van der Waals surface area contributed by atoms with E-state index >= 15 is 0 Å². The lowest BCUT2D eigenvalue weighted by atomic mass is 10.2. The predicted octanol–water partition coefficient (Wildman–Crippen LogP) is 2.62. The van der Waals surface area contributed by atoms with Crippen molar-refractivity contribution in [2.24, 2.45) is 4.99 Å². The zero-order valence-corrected chi connectivity index (χ0v) is 7.99. The Kier molecular flexibility index (Phi) is 3.76.